The van der Waals surface area contributed by atoms with Gasteiger partial charge in [0.1, 0.15) is 0 Å². The standard InChI is InChI=1S/C23H23BrO.CH4/c1-2-25-21-12-13-23(16-17-6-4-3-5-7-17)19(15-21)9-8-18-14-20(24)10-11-22(18)23;/h3-7,9-11,14-15H,2,8,12-13,16H2,1H3;1H4/t23-;/m0./s1. The van der Waals surface area contributed by atoms with E-state index < -0.39 is 0 Å². The van der Waals surface area contributed by atoms with Crippen LogP contribution in [0.4, 0.5) is 0 Å². The Morgan fingerprint density at radius 3 is 2.69 bits per heavy atom. The van der Waals surface area contributed by atoms with Crippen LogP contribution in [0.5, 0.6) is 0 Å². The average Bonchev–Trinajstić information content (AvgIpc) is 2.63. The van der Waals surface area contributed by atoms with Gasteiger partial charge in [-0.05, 0) is 66.7 Å². The summed E-state index contributed by atoms with van der Waals surface area (Å²) < 4.78 is 7.01. The number of hydrogen-bond acceptors (Lipinski definition) is 1. The second kappa shape index (κ2) is 7.84. The summed E-state index contributed by atoms with van der Waals surface area (Å²) in [5.74, 6) is 1.14. The Balaban J connectivity index is 0.00000196. The van der Waals surface area contributed by atoms with E-state index in [4.69, 9.17) is 4.74 Å². The van der Waals surface area contributed by atoms with Crippen molar-refractivity contribution >= 4 is 15.9 Å². The van der Waals surface area contributed by atoms with Crippen molar-refractivity contribution < 1.29 is 4.74 Å². The van der Waals surface area contributed by atoms with Gasteiger partial charge in [0, 0.05) is 16.3 Å². The Labute approximate surface area is 165 Å². The molecule has 0 spiro atoms. The Hall–Kier alpha value is -1.80. The minimum Gasteiger partial charge on any atom is -0.498 e. The molecule has 4 rings (SSSR count). The fraction of sp³-hybridized carbons (Fsp3) is 0.333. The smallest absolute Gasteiger partial charge is 0.0962 e. The third kappa shape index (κ3) is 3.40. The summed E-state index contributed by atoms with van der Waals surface area (Å²) in [7, 11) is 0. The summed E-state index contributed by atoms with van der Waals surface area (Å²) in [6.45, 7) is 2.81. The lowest BCUT2D eigenvalue weighted by Crippen LogP contribution is -2.36. The molecule has 0 N–H and O–H groups in total. The number of ether oxygens (including phenoxy) is 1. The maximum absolute atomic E-state index is 5.85. The number of rotatable bonds is 4. The minimum atomic E-state index is 0. The van der Waals surface area contributed by atoms with Crippen molar-refractivity contribution in [3.05, 3.63) is 93.2 Å². The molecule has 0 amide bonds. The first-order chi connectivity index (χ1) is 12.2. The molecule has 26 heavy (non-hydrogen) atoms. The zero-order valence-corrected chi connectivity index (χ0v) is 16.2. The van der Waals surface area contributed by atoms with E-state index in [2.05, 4.69) is 83.5 Å². The summed E-state index contributed by atoms with van der Waals surface area (Å²) >= 11 is 3.64. The van der Waals surface area contributed by atoms with Crippen molar-refractivity contribution in [2.45, 2.75) is 45.4 Å². The first-order valence-corrected chi connectivity index (χ1v) is 9.87. The molecule has 2 aromatic rings. The number of fused-ring (bicyclic) bond motifs is 3. The van der Waals surface area contributed by atoms with Gasteiger partial charge in [0.15, 0.2) is 0 Å². The summed E-state index contributed by atoms with van der Waals surface area (Å²) in [6.07, 6.45) is 8.87. The lowest BCUT2D eigenvalue weighted by Gasteiger charge is -2.43. The van der Waals surface area contributed by atoms with Crippen molar-refractivity contribution in [3.63, 3.8) is 0 Å². The third-order valence-electron chi connectivity index (χ3n) is 5.47. The quantitative estimate of drug-likeness (QED) is 0.540. The maximum Gasteiger partial charge on any atom is 0.0962 e. The first kappa shape index (κ1) is 19.0. The molecular formula is C24H27BrO. The van der Waals surface area contributed by atoms with Crippen LogP contribution in [-0.4, -0.2) is 6.61 Å². The van der Waals surface area contributed by atoms with Crippen LogP contribution in [0.1, 0.15) is 43.9 Å². The largest absolute Gasteiger partial charge is 0.498 e. The summed E-state index contributed by atoms with van der Waals surface area (Å²) in [4.78, 5) is 0. The normalized spacial score (nSPS) is 20.8. The molecule has 1 nitrogen and oxygen atoms in total. The lowest BCUT2D eigenvalue weighted by molar-refractivity contribution is 0.204. The van der Waals surface area contributed by atoms with Crippen LogP contribution in [0.25, 0.3) is 0 Å². The molecule has 0 aromatic heterocycles. The molecule has 0 heterocycles. The van der Waals surface area contributed by atoms with E-state index in [9.17, 15) is 0 Å². The second-order valence-electron chi connectivity index (χ2n) is 6.95. The van der Waals surface area contributed by atoms with Crippen LogP contribution >= 0.6 is 15.9 Å². The van der Waals surface area contributed by atoms with Crippen LogP contribution in [0.2, 0.25) is 0 Å². The van der Waals surface area contributed by atoms with Gasteiger partial charge in [0.25, 0.3) is 0 Å². The van der Waals surface area contributed by atoms with Crippen LogP contribution in [0, 0.1) is 0 Å². The summed E-state index contributed by atoms with van der Waals surface area (Å²) in [6, 6.07) is 17.7. The van der Waals surface area contributed by atoms with Gasteiger partial charge in [-0.25, -0.2) is 0 Å². The van der Waals surface area contributed by atoms with Gasteiger partial charge >= 0.3 is 0 Å². The van der Waals surface area contributed by atoms with Gasteiger partial charge in [-0.1, -0.05) is 65.8 Å². The molecule has 0 saturated carbocycles. The molecule has 0 fully saturated rings. The van der Waals surface area contributed by atoms with E-state index in [0.717, 1.165) is 38.0 Å². The Bertz CT molecular complexity index is 835. The zero-order valence-electron chi connectivity index (χ0n) is 14.6. The Kier molecular flexibility index (Phi) is 5.72. The predicted molar refractivity (Wildman–Crippen MR) is 113 cm³/mol. The van der Waals surface area contributed by atoms with Crippen LogP contribution in [0.15, 0.2) is 76.5 Å². The molecule has 0 saturated heterocycles. The topological polar surface area (TPSA) is 9.23 Å². The average molecular weight is 411 g/mol. The van der Waals surface area contributed by atoms with Gasteiger partial charge in [-0.3, -0.25) is 0 Å². The molecule has 0 bridgehead atoms. The zero-order chi connectivity index (χ0) is 17.3. The highest BCUT2D eigenvalue weighted by Crippen LogP contribution is 2.49. The van der Waals surface area contributed by atoms with Gasteiger partial charge < -0.3 is 4.74 Å². The summed E-state index contributed by atoms with van der Waals surface area (Å²) in [5, 5.41) is 0. The molecule has 2 aliphatic rings. The number of hydrogen-bond donors (Lipinski definition) is 0. The molecule has 0 unspecified atom stereocenters. The van der Waals surface area contributed by atoms with E-state index in [0.29, 0.717) is 0 Å². The summed E-state index contributed by atoms with van der Waals surface area (Å²) in [5.41, 5.74) is 5.83. The van der Waals surface area contributed by atoms with Crippen molar-refractivity contribution in [1.82, 2.24) is 0 Å². The van der Waals surface area contributed by atoms with Crippen molar-refractivity contribution in [1.29, 1.82) is 0 Å². The predicted octanol–water partition coefficient (Wildman–Crippen LogP) is 6.76. The highest BCUT2D eigenvalue weighted by atomic mass is 79.9. The van der Waals surface area contributed by atoms with E-state index in [1.165, 1.54) is 26.7 Å². The molecule has 2 aromatic carbocycles. The Morgan fingerprint density at radius 2 is 1.92 bits per heavy atom. The lowest BCUT2D eigenvalue weighted by atomic mass is 9.61. The highest BCUT2D eigenvalue weighted by Gasteiger charge is 2.41. The van der Waals surface area contributed by atoms with Crippen molar-refractivity contribution in [3.8, 4) is 0 Å². The molecule has 0 aliphatic heterocycles. The fourth-order valence-corrected chi connectivity index (χ4v) is 4.76. The molecule has 2 heteroatoms. The number of halogens is 1. The van der Waals surface area contributed by atoms with E-state index in [-0.39, 0.29) is 12.8 Å². The van der Waals surface area contributed by atoms with E-state index >= 15 is 0 Å². The Morgan fingerprint density at radius 1 is 1.12 bits per heavy atom. The molecular weight excluding hydrogens is 384 g/mol. The van der Waals surface area contributed by atoms with E-state index in [1.807, 2.05) is 0 Å². The molecule has 2 aliphatic carbocycles. The second-order valence-corrected chi connectivity index (χ2v) is 7.87. The van der Waals surface area contributed by atoms with Crippen molar-refractivity contribution in [2.75, 3.05) is 6.61 Å². The fourth-order valence-electron chi connectivity index (χ4n) is 4.36. The minimum absolute atomic E-state index is 0. The van der Waals surface area contributed by atoms with E-state index in [1.54, 1.807) is 0 Å². The first-order valence-electron chi connectivity index (χ1n) is 9.08. The van der Waals surface area contributed by atoms with Gasteiger partial charge in [-0.2, -0.15) is 0 Å². The molecule has 0 radical (unpaired) electrons. The van der Waals surface area contributed by atoms with Crippen molar-refractivity contribution in [2.24, 2.45) is 0 Å². The number of benzene rings is 2. The van der Waals surface area contributed by atoms with Crippen LogP contribution < -0.4 is 0 Å². The van der Waals surface area contributed by atoms with Crippen LogP contribution in [-0.2, 0) is 23.0 Å². The van der Waals surface area contributed by atoms with Gasteiger partial charge in [0.2, 0.25) is 0 Å². The SMILES string of the molecule is C.CCOC1=CC2=CCc3cc(Br)ccc3[C@]2(Cc2ccccc2)CC1. The monoisotopic (exact) mass is 410 g/mol. The maximum atomic E-state index is 5.85. The highest BCUT2D eigenvalue weighted by molar-refractivity contribution is 9.10. The van der Waals surface area contributed by atoms with Gasteiger partial charge in [-0.15, -0.1) is 0 Å². The van der Waals surface area contributed by atoms with Crippen LogP contribution in [0.3, 0.4) is 0 Å². The molecule has 136 valence electrons. The van der Waals surface area contributed by atoms with Gasteiger partial charge in [0.05, 0.1) is 12.4 Å². The third-order valence-corrected chi connectivity index (χ3v) is 5.96. The number of allylic oxidation sites excluding steroid dienone is 4. The molecule has 1 atom stereocenters.